The van der Waals surface area contributed by atoms with Crippen LogP contribution in [0.25, 0.3) is 0 Å². The molecule has 0 aromatic heterocycles. The number of nitrogens with zero attached hydrogens (tertiary/aromatic N) is 3. The number of rotatable bonds is 6. The van der Waals surface area contributed by atoms with E-state index in [9.17, 15) is 23.6 Å². The fourth-order valence-electron chi connectivity index (χ4n) is 5.51. The summed E-state index contributed by atoms with van der Waals surface area (Å²) in [6.45, 7) is 5.14. The number of Topliss-reactive ketones (excluding diaryl/α,β-unsaturated/α-hetero) is 2. The van der Waals surface area contributed by atoms with Crippen molar-refractivity contribution in [3.63, 3.8) is 0 Å². The van der Waals surface area contributed by atoms with Crippen LogP contribution in [-0.2, 0) is 24.7 Å². The van der Waals surface area contributed by atoms with Crippen molar-refractivity contribution < 1.29 is 28.3 Å². The molecular formula is C26H26FN3O5. The zero-order valence-electron chi connectivity index (χ0n) is 19.4. The number of benzene rings is 2. The van der Waals surface area contributed by atoms with Crippen LogP contribution in [0.4, 0.5) is 10.1 Å². The van der Waals surface area contributed by atoms with Crippen LogP contribution in [0, 0.1) is 11.7 Å². The first-order valence-electron chi connectivity index (χ1n) is 11.8. The highest BCUT2D eigenvalue weighted by atomic mass is 19.1. The molecule has 0 aliphatic carbocycles. The summed E-state index contributed by atoms with van der Waals surface area (Å²) < 4.78 is 18.9. The molecule has 8 nitrogen and oxygen atoms in total. The normalized spacial score (nSPS) is 24.5. The van der Waals surface area contributed by atoms with Crippen molar-refractivity contribution in [1.82, 2.24) is 9.80 Å². The molecule has 2 aromatic rings. The zero-order valence-corrected chi connectivity index (χ0v) is 19.4. The molecule has 3 aliphatic rings. The molecular weight excluding hydrogens is 453 g/mol. The second-order valence-corrected chi connectivity index (χ2v) is 8.91. The number of ketones is 2. The second kappa shape index (κ2) is 8.98. The van der Waals surface area contributed by atoms with Crippen molar-refractivity contribution >= 4 is 29.1 Å². The van der Waals surface area contributed by atoms with Crippen LogP contribution in [0.2, 0.25) is 0 Å². The number of hydrogen-bond acceptors (Lipinski definition) is 6. The molecule has 0 saturated carbocycles. The molecule has 2 aromatic carbocycles. The highest BCUT2D eigenvalue weighted by molar-refractivity contribution is 6.46. The number of fused-ring (bicyclic) bond motifs is 2. The first-order chi connectivity index (χ1) is 16.9. The number of amides is 2. The number of morpholine rings is 1. The molecule has 2 atom stereocenters. The van der Waals surface area contributed by atoms with Gasteiger partial charge in [0.15, 0.2) is 11.3 Å². The van der Waals surface area contributed by atoms with Gasteiger partial charge in [0.25, 0.3) is 11.8 Å². The maximum Gasteiger partial charge on any atom is 0.292 e. The Balaban J connectivity index is 1.64. The lowest BCUT2D eigenvalue weighted by Crippen LogP contribution is -2.57. The predicted molar refractivity (Wildman–Crippen MR) is 124 cm³/mol. The molecule has 3 aliphatic heterocycles. The summed E-state index contributed by atoms with van der Waals surface area (Å²) in [5.74, 6) is -4.99. The van der Waals surface area contributed by atoms with E-state index in [1.54, 1.807) is 31.2 Å². The topological polar surface area (TPSA) is 87.2 Å². The summed E-state index contributed by atoms with van der Waals surface area (Å²) in [6.07, 6.45) is 0. The van der Waals surface area contributed by atoms with Gasteiger partial charge in [-0.2, -0.15) is 0 Å². The van der Waals surface area contributed by atoms with Crippen molar-refractivity contribution in [2.75, 3.05) is 50.8 Å². The Labute approximate surface area is 202 Å². The lowest BCUT2D eigenvalue weighted by atomic mass is 9.75. The van der Waals surface area contributed by atoms with E-state index in [-0.39, 0.29) is 12.1 Å². The number of likely N-dealkylation sites (tertiary alicyclic amines) is 1. The molecule has 3 heterocycles. The van der Waals surface area contributed by atoms with Crippen LogP contribution < -0.4 is 4.90 Å². The van der Waals surface area contributed by atoms with E-state index in [4.69, 9.17) is 4.74 Å². The van der Waals surface area contributed by atoms with E-state index < -0.39 is 40.7 Å². The van der Waals surface area contributed by atoms with Gasteiger partial charge in [0, 0.05) is 49.5 Å². The molecule has 9 heteroatoms. The summed E-state index contributed by atoms with van der Waals surface area (Å²) in [5, 5.41) is 0. The van der Waals surface area contributed by atoms with Crippen molar-refractivity contribution in [3.05, 3.63) is 65.5 Å². The highest BCUT2D eigenvalue weighted by Gasteiger charge is 2.70. The number of para-hydroxylation sites is 1. The van der Waals surface area contributed by atoms with Crippen LogP contribution in [0.15, 0.2) is 48.5 Å². The van der Waals surface area contributed by atoms with Crippen LogP contribution >= 0.6 is 0 Å². The summed E-state index contributed by atoms with van der Waals surface area (Å²) in [4.78, 5) is 59.7. The third-order valence-electron chi connectivity index (χ3n) is 7.19. The van der Waals surface area contributed by atoms with Crippen molar-refractivity contribution in [3.8, 4) is 0 Å². The SMILES string of the molecule is CCN1C(=O)C2(c3ccccc31)C(C(=O)c1ccc(F)cc1)C(=O)C(=O)N2CCN1CCOCC1. The van der Waals surface area contributed by atoms with Crippen LogP contribution in [0.5, 0.6) is 0 Å². The van der Waals surface area contributed by atoms with E-state index in [0.717, 1.165) is 12.1 Å². The lowest BCUT2D eigenvalue weighted by molar-refractivity contribution is -0.144. The minimum Gasteiger partial charge on any atom is -0.379 e. The van der Waals surface area contributed by atoms with E-state index in [1.807, 2.05) is 0 Å². The van der Waals surface area contributed by atoms with Crippen LogP contribution in [-0.4, -0.2) is 79.1 Å². The van der Waals surface area contributed by atoms with Gasteiger partial charge < -0.3 is 14.5 Å². The standard InChI is InChI=1S/C26H26FN3O5/c1-2-29-20-6-4-3-5-19(20)26(25(29)34)21(22(31)17-7-9-18(27)10-8-17)23(32)24(33)30(26)12-11-28-13-15-35-16-14-28/h3-10,21H,2,11-16H2,1H3. The van der Waals surface area contributed by atoms with Crippen LogP contribution in [0.3, 0.4) is 0 Å². The smallest absolute Gasteiger partial charge is 0.292 e. The number of anilines is 1. The monoisotopic (exact) mass is 479 g/mol. The molecule has 5 rings (SSSR count). The number of halogens is 1. The molecule has 35 heavy (non-hydrogen) atoms. The number of hydrogen-bond donors (Lipinski definition) is 0. The minimum absolute atomic E-state index is 0.0761. The Hall–Kier alpha value is -3.43. The summed E-state index contributed by atoms with van der Waals surface area (Å²) in [5.41, 5.74) is -0.658. The van der Waals surface area contributed by atoms with Gasteiger partial charge in [-0.15, -0.1) is 0 Å². The van der Waals surface area contributed by atoms with Gasteiger partial charge in [-0.05, 0) is 37.3 Å². The Morgan fingerprint density at radius 2 is 1.71 bits per heavy atom. The van der Waals surface area contributed by atoms with Gasteiger partial charge >= 0.3 is 0 Å². The first kappa shape index (κ1) is 23.3. The largest absolute Gasteiger partial charge is 0.379 e. The van der Waals surface area contributed by atoms with E-state index in [1.165, 1.54) is 21.9 Å². The molecule has 2 amide bonds. The Morgan fingerprint density at radius 1 is 1.03 bits per heavy atom. The Bertz CT molecular complexity index is 1190. The van der Waals surface area contributed by atoms with Crippen molar-refractivity contribution in [1.29, 1.82) is 0 Å². The van der Waals surface area contributed by atoms with Crippen molar-refractivity contribution in [2.45, 2.75) is 12.5 Å². The third kappa shape index (κ3) is 3.49. The molecule has 2 fully saturated rings. The molecule has 0 N–H and O–H groups in total. The average molecular weight is 480 g/mol. The van der Waals surface area contributed by atoms with E-state index >= 15 is 0 Å². The second-order valence-electron chi connectivity index (χ2n) is 8.91. The molecule has 2 saturated heterocycles. The Kier molecular flexibility index (Phi) is 5.98. The van der Waals surface area contributed by atoms with Gasteiger partial charge in [0.2, 0.25) is 5.78 Å². The average Bonchev–Trinajstić information content (AvgIpc) is 3.26. The van der Waals surface area contributed by atoms with Gasteiger partial charge in [-0.3, -0.25) is 24.1 Å². The summed E-state index contributed by atoms with van der Waals surface area (Å²) in [6, 6.07) is 11.8. The zero-order chi connectivity index (χ0) is 24.7. The van der Waals surface area contributed by atoms with Crippen molar-refractivity contribution in [2.24, 2.45) is 5.92 Å². The fourth-order valence-corrected chi connectivity index (χ4v) is 5.51. The lowest BCUT2D eigenvalue weighted by Gasteiger charge is -2.38. The van der Waals surface area contributed by atoms with Gasteiger partial charge in [-0.25, -0.2) is 4.39 Å². The first-order valence-corrected chi connectivity index (χ1v) is 11.8. The highest BCUT2D eigenvalue weighted by Crippen LogP contribution is 2.53. The molecule has 182 valence electrons. The van der Waals surface area contributed by atoms with Crippen LogP contribution in [0.1, 0.15) is 22.8 Å². The number of ether oxygens (including phenoxy) is 1. The predicted octanol–water partition coefficient (Wildman–Crippen LogP) is 1.63. The molecule has 2 unspecified atom stereocenters. The summed E-state index contributed by atoms with van der Waals surface area (Å²) in [7, 11) is 0. The van der Waals surface area contributed by atoms with E-state index in [0.29, 0.717) is 50.6 Å². The van der Waals surface area contributed by atoms with E-state index in [2.05, 4.69) is 4.90 Å². The molecule has 0 radical (unpaired) electrons. The quantitative estimate of drug-likeness (QED) is 0.356. The molecule has 1 spiro atoms. The van der Waals surface area contributed by atoms with Gasteiger partial charge in [0.1, 0.15) is 11.7 Å². The maximum absolute atomic E-state index is 14.1. The minimum atomic E-state index is -1.78. The maximum atomic E-state index is 14.1. The van der Waals surface area contributed by atoms with Gasteiger partial charge in [-0.1, -0.05) is 18.2 Å². The number of carbonyl (C=O) groups excluding carboxylic acids is 4. The van der Waals surface area contributed by atoms with Gasteiger partial charge in [0.05, 0.1) is 13.2 Å². The fraction of sp³-hybridized carbons (Fsp3) is 0.385. The third-order valence-corrected chi connectivity index (χ3v) is 7.19. The number of likely N-dealkylation sites (N-methyl/N-ethyl adjacent to an activating group) is 1. The number of carbonyl (C=O) groups is 4. The Morgan fingerprint density at radius 3 is 2.40 bits per heavy atom. The summed E-state index contributed by atoms with van der Waals surface area (Å²) >= 11 is 0. The molecule has 0 bridgehead atoms.